The third kappa shape index (κ3) is 6.73. The number of halogens is 2. The Morgan fingerprint density at radius 3 is 2.52 bits per heavy atom. The Balaban J connectivity index is 2.16. The fourth-order valence-electron chi connectivity index (χ4n) is 2.33. The van der Waals surface area contributed by atoms with Gasteiger partial charge in [0.05, 0.1) is 12.1 Å². The van der Waals surface area contributed by atoms with Gasteiger partial charge in [-0.25, -0.2) is 9.18 Å². The number of carbonyl (C=O) groups is 3. The number of benzene rings is 2. The molecule has 0 radical (unpaired) electrons. The zero-order valence-corrected chi connectivity index (χ0v) is 16.8. The number of urea groups is 1. The summed E-state index contributed by atoms with van der Waals surface area (Å²) in [6, 6.07) is 8.49. The van der Waals surface area contributed by atoms with Crippen molar-refractivity contribution in [2.24, 2.45) is 5.73 Å². The van der Waals surface area contributed by atoms with E-state index in [1.165, 1.54) is 43.5 Å². The number of methoxy groups -OCH3 is 1. The van der Waals surface area contributed by atoms with Crippen molar-refractivity contribution in [3.8, 4) is 17.6 Å². The normalized spacial score (nSPS) is 10.6. The largest absolute Gasteiger partial charge is 0.493 e. The lowest BCUT2D eigenvalue weighted by molar-refractivity contribution is -0.118. The zero-order chi connectivity index (χ0) is 23.0. The summed E-state index contributed by atoms with van der Waals surface area (Å²) in [5.74, 6) is -1.77. The Bertz CT molecular complexity index is 1080. The van der Waals surface area contributed by atoms with Crippen LogP contribution in [0.5, 0.6) is 11.5 Å². The Kier molecular flexibility index (Phi) is 7.94. The average Bonchev–Trinajstić information content (AvgIpc) is 2.71. The standard InChI is InChI=1S/C20H16ClFN4O5/c1-30-16-8-11(6-12(9-23)19(28)26-20(24)29)7-15(21)18(16)31-10-17(27)25-14-4-2-13(22)3-5-14/h2-8H,10H2,1H3,(H,25,27)(H3,24,26,28,29)/b12-6-. The highest BCUT2D eigenvalue weighted by Crippen LogP contribution is 2.37. The molecule has 0 aliphatic heterocycles. The summed E-state index contributed by atoms with van der Waals surface area (Å²) in [5, 5.41) is 13.5. The molecule has 9 nitrogen and oxygen atoms in total. The molecule has 0 aromatic heterocycles. The molecular formula is C20H16ClFN4O5. The van der Waals surface area contributed by atoms with Gasteiger partial charge in [-0.1, -0.05) is 11.6 Å². The van der Waals surface area contributed by atoms with Gasteiger partial charge in [0.25, 0.3) is 11.8 Å². The number of nitrogens with zero attached hydrogens (tertiary/aromatic N) is 1. The Labute approximate surface area is 181 Å². The molecule has 2 aromatic carbocycles. The second-order valence-electron chi connectivity index (χ2n) is 5.87. The van der Waals surface area contributed by atoms with E-state index >= 15 is 0 Å². The van der Waals surface area contributed by atoms with E-state index in [1.54, 1.807) is 11.4 Å². The molecule has 0 heterocycles. The number of hydrogen-bond donors (Lipinski definition) is 3. The molecule has 0 unspecified atom stereocenters. The summed E-state index contributed by atoms with van der Waals surface area (Å²) in [5.41, 5.74) is 5.14. The minimum Gasteiger partial charge on any atom is -0.493 e. The first-order valence-electron chi connectivity index (χ1n) is 8.51. The minimum atomic E-state index is -1.11. The van der Waals surface area contributed by atoms with Crippen molar-refractivity contribution in [3.63, 3.8) is 0 Å². The van der Waals surface area contributed by atoms with E-state index in [1.807, 2.05) is 0 Å². The molecule has 0 saturated carbocycles. The summed E-state index contributed by atoms with van der Waals surface area (Å²) in [6.45, 7) is -0.424. The predicted octanol–water partition coefficient (Wildman–Crippen LogP) is 2.61. The van der Waals surface area contributed by atoms with Crippen molar-refractivity contribution in [2.45, 2.75) is 0 Å². The average molecular weight is 447 g/mol. The SMILES string of the molecule is COc1cc(/C=C(/C#N)C(=O)NC(N)=O)cc(Cl)c1OCC(=O)Nc1ccc(F)cc1. The van der Waals surface area contributed by atoms with Crippen LogP contribution < -0.4 is 25.8 Å². The van der Waals surface area contributed by atoms with Gasteiger partial charge in [-0.15, -0.1) is 0 Å². The second kappa shape index (κ2) is 10.6. The van der Waals surface area contributed by atoms with Gasteiger partial charge in [0.1, 0.15) is 17.5 Å². The van der Waals surface area contributed by atoms with Crippen molar-refractivity contribution < 1.29 is 28.2 Å². The first-order chi connectivity index (χ1) is 14.7. The molecule has 160 valence electrons. The first-order valence-corrected chi connectivity index (χ1v) is 8.89. The van der Waals surface area contributed by atoms with E-state index in [-0.39, 0.29) is 16.5 Å². The topological polar surface area (TPSA) is 144 Å². The molecular weight excluding hydrogens is 431 g/mol. The number of carbonyl (C=O) groups excluding carboxylic acids is 3. The zero-order valence-electron chi connectivity index (χ0n) is 16.1. The van der Waals surface area contributed by atoms with Gasteiger partial charge in [0.2, 0.25) is 0 Å². The highest BCUT2D eigenvalue weighted by Gasteiger charge is 2.16. The van der Waals surface area contributed by atoms with Crippen LogP contribution in [0.15, 0.2) is 42.0 Å². The van der Waals surface area contributed by atoms with Crippen molar-refractivity contribution in [3.05, 3.63) is 58.4 Å². The van der Waals surface area contributed by atoms with Crippen molar-refractivity contribution in [1.82, 2.24) is 5.32 Å². The number of imide groups is 1. The van der Waals surface area contributed by atoms with Gasteiger partial charge < -0.3 is 20.5 Å². The number of primary amides is 1. The van der Waals surface area contributed by atoms with Crippen molar-refractivity contribution in [1.29, 1.82) is 5.26 Å². The fourth-order valence-corrected chi connectivity index (χ4v) is 2.60. The van der Waals surface area contributed by atoms with Gasteiger partial charge >= 0.3 is 6.03 Å². The third-order valence-corrected chi connectivity index (χ3v) is 3.92. The lowest BCUT2D eigenvalue weighted by atomic mass is 10.1. The molecule has 0 fully saturated rings. The molecule has 0 saturated heterocycles. The van der Waals surface area contributed by atoms with Crippen LogP contribution in [-0.2, 0) is 9.59 Å². The molecule has 4 N–H and O–H groups in total. The molecule has 4 amide bonds. The molecule has 0 atom stereocenters. The van der Waals surface area contributed by atoms with Crippen molar-refractivity contribution in [2.75, 3.05) is 19.0 Å². The summed E-state index contributed by atoms with van der Waals surface area (Å²) in [7, 11) is 1.33. The summed E-state index contributed by atoms with van der Waals surface area (Å²) < 4.78 is 23.6. The Morgan fingerprint density at radius 1 is 1.26 bits per heavy atom. The van der Waals surface area contributed by atoms with E-state index in [4.69, 9.17) is 32.1 Å². The van der Waals surface area contributed by atoms with Gasteiger partial charge in [0, 0.05) is 5.69 Å². The van der Waals surface area contributed by atoms with Crippen molar-refractivity contribution >= 4 is 41.2 Å². The van der Waals surface area contributed by atoms with E-state index < -0.39 is 35.8 Å². The number of nitriles is 1. The van der Waals surface area contributed by atoms with Crippen LogP contribution in [0.3, 0.4) is 0 Å². The Hall–Kier alpha value is -4.10. The molecule has 0 spiro atoms. The van der Waals surface area contributed by atoms with E-state index in [9.17, 15) is 18.8 Å². The van der Waals surface area contributed by atoms with Crippen LogP contribution in [0.4, 0.5) is 14.9 Å². The number of nitrogens with one attached hydrogen (secondary N) is 2. The maximum absolute atomic E-state index is 12.9. The highest BCUT2D eigenvalue weighted by molar-refractivity contribution is 6.32. The molecule has 0 aliphatic rings. The molecule has 11 heteroatoms. The van der Waals surface area contributed by atoms with Gasteiger partial charge in [0.15, 0.2) is 18.1 Å². The van der Waals surface area contributed by atoms with Crippen LogP contribution in [0.25, 0.3) is 6.08 Å². The highest BCUT2D eigenvalue weighted by atomic mass is 35.5. The fraction of sp³-hybridized carbons (Fsp3) is 0.100. The number of anilines is 1. The molecule has 0 aliphatic carbocycles. The van der Waals surface area contributed by atoms with Crippen LogP contribution in [0, 0.1) is 17.1 Å². The van der Waals surface area contributed by atoms with Crippen LogP contribution >= 0.6 is 11.6 Å². The number of hydrogen-bond acceptors (Lipinski definition) is 6. The van der Waals surface area contributed by atoms with Gasteiger partial charge in [-0.05, 0) is 48.0 Å². The number of ether oxygens (including phenoxy) is 2. The predicted molar refractivity (Wildman–Crippen MR) is 110 cm³/mol. The van der Waals surface area contributed by atoms with Crippen LogP contribution in [-0.4, -0.2) is 31.6 Å². The molecule has 2 aromatic rings. The van der Waals surface area contributed by atoms with E-state index in [0.29, 0.717) is 11.3 Å². The Morgan fingerprint density at radius 2 is 1.94 bits per heavy atom. The summed E-state index contributed by atoms with van der Waals surface area (Å²) >= 11 is 6.20. The number of amides is 4. The maximum Gasteiger partial charge on any atom is 0.319 e. The van der Waals surface area contributed by atoms with E-state index in [0.717, 1.165) is 6.08 Å². The van der Waals surface area contributed by atoms with E-state index in [2.05, 4.69) is 5.32 Å². The number of rotatable bonds is 7. The summed E-state index contributed by atoms with van der Waals surface area (Å²) in [6.07, 6.45) is 1.16. The van der Waals surface area contributed by atoms with Gasteiger partial charge in [-0.3, -0.25) is 14.9 Å². The lowest BCUT2D eigenvalue weighted by Gasteiger charge is -2.13. The monoisotopic (exact) mass is 446 g/mol. The third-order valence-electron chi connectivity index (χ3n) is 3.64. The quantitative estimate of drug-likeness (QED) is 0.440. The first kappa shape index (κ1) is 23.2. The molecule has 31 heavy (non-hydrogen) atoms. The minimum absolute atomic E-state index is 0.0350. The van der Waals surface area contributed by atoms with Crippen LogP contribution in [0.2, 0.25) is 5.02 Å². The maximum atomic E-state index is 12.9. The molecule has 2 rings (SSSR count). The second-order valence-corrected chi connectivity index (χ2v) is 6.27. The number of nitrogens with two attached hydrogens (primary N) is 1. The van der Waals surface area contributed by atoms with Crippen LogP contribution in [0.1, 0.15) is 5.56 Å². The smallest absolute Gasteiger partial charge is 0.319 e. The summed E-state index contributed by atoms with van der Waals surface area (Å²) in [4.78, 5) is 34.6. The lowest BCUT2D eigenvalue weighted by Crippen LogP contribution is -2.35. The van der Waals surface area contributed by atoms with Gasteiger partial charge in [-0.2, -0.15) is 5.26 Å². The molecule has 0 bridgehead atoms.